The number of hydrogen-bond acceptors (Lipinski definition) is 5. The van der Waals surface area contributed by atoms with Crippen LogP contribution in [0.2, 0.25) is 5.02 Å². The number of hydrogen-bond donors (Lipinski definition) is 2. The molecule has 0 aliphatic carbocycles. The van der Waals surface area contributed by atoms with E-state index in [1.807, 2.05) is 30.3 Å². The number of benzene rings is 3. The van der Waals surface area contributed by atoms with Gasteiger partial charge in [-0.2, -0.15) is 0 Å². The lowest BCUT2D eigenvalue weighted by Crippen LogP contribution is -2.53. The van der Waals surface area contributed by atoms with Gasteiger partial charge in [0.1, 0.15) is 6.04 Å². The third-order valence-electron chi connectivity index (χ3n) is 5.71. The first-order valence-corrected chi connectivity index (χ1v) is 11.6. The Morgan fingerprint density at radius 2 is 1.61 bits per heavy atom. The van der Waals surface area contributed by atoms with Crippen molar-refractivity contribution in [3.8, 4) is 0 Å². The normalized spacial score (nSPS) is 15.8. The summed E-state index contributed by atoms with van der Waals surface area (Å²) in [6.07, 6.45) is -1.27. The highest BCUT2D eigenvalue weighted by atomic mass is 35.5. The number of amides is 3. The average Bonchev–Trinajstić information content (AvgIpc) is 2.99. The Hall–Kier alpha value is -4.30. The molecule has 9 heteroatoms. The highest BCUT2D eigenvalue weighted by Crippen LogP contribution is 2.29. The second-order valence-corrected chi connectivity index (χ2v) is 8.64. The minimum Gasteiger partial charge on any atom is -0.338 e. The summed E-state index contributed by atoms with van der Waals surface area (Å²) in [6.45, 7) is 1.42. The molecule has 4 rings (SSSR count). The number of carbonyl (C=O) groups is 4. The van der Waals surface area contributed by atoms with Crippen molar-refractivity contribution in [3.05, 3.63) is 101 Å². The average molecular weight is 503 g/mol. The molecule has 0 bridgehead atoms. The molecule has 3 aromatic rings. The third-order valence-corrected chi connectivity index (χ3v) is 5.94. The summed E-state index contributed by atoms with van der Waals surface area (Å²) in [5, 5.41) is 5.45. The zero-order valence-electron chi connectivity index (χ0n) is 19.6. The first-order valence-electron chi connectivity index (χ1n) is 11.2. The monoisotopic (exact) mass is 502 g/mol. The quantitative estimate of drug-likeness (QED) is 0.399. The van der Waals surface area contributed by atoms with Crippen LogP contribution in [0, 0.1) is 0 Å². The Bertz CT molecular complexity index is 1360. The molecule has 3 aromatic carbocycles. The summed E-state index contributed by atoms with van der Waals surface area (Å²) in [5.41, 5.74) is 2.64. The zero-order valence-corrected chi connectivity index (χ0v) is 20.3. The molecule has 0 radical (unpaired) electrons. The van der Waals surface area contributed by atoms with Crippen LogP contribution in [0.25, 0.3) is 0 Å². The van der Waals surface area contributed by atoms with Crippen molar-refractivity contribution in [1.82, 2.24) is 10.6 Å². The molecule has 8 nitrogen and oxygen atoms in total. The molecule has 1 aliphatic heterocycles. The summed E-state index contributed by atoms with van der Waals surface area (Å²) in [4.78, 5) is 56.9. The number of ketones is 1. The third kappa shape index (κ3) is 5.18. The number of rotatable bonds is 6. The minimum atomic E-state index is -1.27. The maximum Gasteiger partial charge on any atom is 0.293 e. The zero-order chi connectivity index (χ0) is 25.8. The van der Waals surface area contributed by atoms with Crippen molar-refractivity contribution in [2.75, 3.05) is 11.9 Å². The maximum atomic E-state index is 13.3. The van der Waals surface area contributed by atoms with Crippen LogP contribution in [0.3, 0.4) is 0 Å². The Labute approximate surface area is 213 Å². The second-order valence-electron chi connectivity index (χ2n) is 8.20. The smallest absolute Gasteiger partial charge is 0.293 e. The van der Waals surface area contributed by atoms with E-state index in [1.54, 1.807) is 43.4 Å². The van der Waals surface area contributed by atoms with Gasteiger partial charge < -0.3 is 15.5 Å². The molecule has 1 unspecified atom stereocenters. The molecule has 2 N–H and O–H groups in total. The summed E-state index contributed by atoms with van der Waals surface area (Å²) >= 11 is 6.25. The van der Waals surface area contributed by atoms with E-state index in [0.717, 1.165) is 5.56 Å². The molecule has 2 atom stereocenters. The predicted octanol–water partition coefficient (Wildman–Crippen LogP) is 2.98. The van der Waals surface area contributed by atoms with Gasteiger partial charge in [0, 0.05) is 28.8 Å². The van der Waals surface area contributed by atoms with Crippen molar-refractivity contribution >= 4 is 46.5 Å². The molecular weight excluding hydrogens is 480 g/mol. The van der Waals surface area contributed by atoms with Crippen LogP contribution in [0.4, 0.5) is 5.69 Å². The second kappa shape index (κ2) is 10.5. The van der Waals surface area contributed by atoms with Crippen LogP contribution in [0.15, 0.2) is 83.9 Å². The van der Waals surface area contributed by atoms with Crippen molar-refractivity contribution in [1.29, 1.82) is 0 Å². The van der Waals surface area contributed by atoms with Gasteiger partial charge in [-0.05, 0) is 25.1 Å². The fourth-order valence-corrected chi connectivity index (χ4v) is 3.95. The van der Waals surface area contributed by atoms with E-state index in [9.17, 15) is 19.2 Å². The van der Waals surface area contributed by atoms with Gasteiger partial charge in [0.05, 0.1) is 11.4 Å². The highest BCUT2D eigenvalue weighted by molar-refractivity contribution is 6.43. The highest BCUT2D eigenvalue weighted by Gasteiger charge is 2.32. The number of halogens is 1. The number of anilines is 1. The van der Waals surface area contributed by atoms with Gasteiger partial charge in [-0.25, -0.2) is 4.99 Å². The summed E-state index contributed by atoms with van der Waals surface area (Å²) in [6, 6.07) is 21.3. The molecular formula is C27H23ClN4O4. The summed E-state index contributed by atoms with van der Waals surface area (Å²) in [5.74, 6) is -2.84. The van der Waals surface area contributed by atoms with Crippen LogP contribution in [-0.4, -0.2) is 48.5 Å². The lowest BCUT2D eigenvalue weighted by atomic mass is 10.0. The molecule has 1 heterocycles. The number of nitrogens with one attached hydrogen (secondary N) is 2. The molecule has 0 aromatic heterocycles. The van der Waals surface area contributed by atoms with E-state index in [1.165, 1.54) is 24.0 Å². The number of carbonyl (C=O) groups excluding carboxylic acids is 4. The molecule has 0 saturated heterocycles. The Balaban J connectivity index is 1.59. The molecule has 182 valence electrons. The number of Topliss-reactive ketones (excluding diaryl/α,β-unsaturated/α-hetero) is 1. The van der Waals surface area contributed by atoms with Gasteiger partial charge in [-0.15, -0.1) is 0 Å². The van der Waals surface area contributed by atoms with Crippen molar-refractivity contribution in [3.63, 3.8) is 0 Å². The van der Waals surface area contributed by atoms with Crippen molar-refractivity contribution in [2.45, 2.75) is 19.1 Å². The lowest BCUT2D eigenvalue weighted by molar-refractivity contribution is -0.129. The van der Waals surface area contributed by atoms with Crippen LogP contribution in [0.5, 0.6) is 0 Å². The van der Waals surface area contributed by atoms with E-state index < -0.39 is 35.7 Å². The van der Waals surface area contributed by atoms with Gasteiger partial charge in [0.25, 0.3) is 11.8 Å². The van der Waals surface area contributed by atoms with Gasteiger partial charge in [0.15, 0.2) is 0 Å². The van der Waals surface area contributed by atoms with E-state index in [-0.39, 0.29) is 5.56 Å². The van der Waals surface area contributed by atoms with Gasteiger partial charge in [0.2, 0.25) is 17.9 Å². The molecule has 0 fully saturated rings. The largest absolute Gasteiger partial charge is 0.338 e. The Morgan fingerprint density at radius 3 is 2.28 bits per heavy atom. The number of fused-ring (bicyclic) bond motifs is 1. The summed E-state index contributed by atoms with van der Waals surface area (Å²) in [7, 11) is 1.58. The summed E-state index contributed by atoms with van der Waals surface area (Å²) < 4.78 is 0. The van der Waals surface area contributed by atoms with Crippen LogP contribution < -0.4 is 15.5 Å². The first kappa shape index (κ1) is 24.8. The predicted molar refractivity (Wildman–Crippen MR) is 137 cm³/mol. The van der Waals surface area contributed by atoms with Gasteiger partial charge in [-0.1, -0.05) is 72.3 Å². The van der Waals surface area contributed by atoms with E-state index in [4.69, 9.17) is 11.6 Å². The van der Waals surface area contributed by atoms with Crippen LogP contribution >= 0.6 is 11.6 Å². The number of nitrogens with zero attached hydrogens (tertiary/aromatic N) is 2. The minimum absolute atomic E-state index is 0.205. The molecule has 0 saturated carbocycles. The van der Waals surface area contributed by atoms with Gasteiger partial charge >= 0.3 is 0 Å². The van der Waals surface area contributed by atoms with E-state index >= 15 is 0 Å². The van der Waals surface area contributed by atoms with E-state index in [0.29, 0.717) is 22.0 Å². The van der Waals surface area contributed by atoms with Crippen LogP contribution in [-0.2, 0) is 14.4 Å². The Morgan fingerprint density at radius 1 is 0.972 bits per heavy atom. The SMILES string of the molecule is C[C@H](NC(=O)C(=O)c1ccccc1)C(=O)NC1N=C(c2ccccc2)c2cc(Cl)ccc2N(C)C1=O. The molecule has 36 heavy (non-hydrogen) atoms. The van der Waals surface area contributed by atoms with Crippen molar-refractivity contribution < 1.29 is 19.2 Å². The van der Waals surface area contributed by atoms with Crippen LogP contribution in [0.1, 0.15) is 28.4 Å². The number of aliphatic imine (C=N–C) groups is 1. The Kier molecular flexibility index (Phi) is 7.26. The number of likely N-dealkylation sites (N-methyl/N-ethyl adjacent to an activating group) is 1. The fourth-order valence-electron chi connectivity index (χ4n) is 3.77. The fraction of sp³-hybridized carbons (Fsp3) is 0.148. The lowest BCUT2D eigenvalue weighted by Gasteiger charge is -2.22. The maximum absolute atomic E-state index is 13.3. The molecule has 0 spiro atoms. The van der Waals surface area contributed by atoms with Gasteiger partial charge in [-0.3, -0.25) is 19.2 Å². The topological polar surface area (TPSA) is 108 Å². The van der Waals surface area contributed by atoms with E-state index in [2.05, 4.69) is 15.6 Å². The number of benzodiazepines with no additional fused rings is 1. The molecule has 1 aliphatic rings. The standard InChI is InChI=1S/C27H23ClN4O4/c1-16(29-26(35)23(33)18-11-7-4-8-12-18)25(34)31-24-27(36)32(2)21-14-13-19(28)15-20(21)22(30-24)17-9-5-3-6-10-17/h3-16,24H,1-2H3,(H,29,35)(H,31,34)/t16-,24?/m0/s1. The van der Waals surface area contributed by atoms with Crippen molar-refractivity contribution in [2.24, 2.45) is 4.99 Å². The first-order chi connectivity index (χ1) is 17.3. The molecule has 3 amide bonds.